The molecule has 0 aliphatic carbocycles. The molecule has 0 amide bonds. The summed E-state index contributed by atoms with van der Waals surface area (Å²) < 4.78 is 99.3. The van der Waals surface area contributed by atoms with Crippen LogP contribution in [0.1, 0.15) is 144 Å². The summed E-state index contributed by atoms with van der Waals surface area (Å²) in [6, 6.07) is 0. The smallest absolute Gasteiger partial charge is 0.308 e. The zero-order chi connectivity index (χ0) is 56.4. The van der Waals surface area contributed by atoms with Gasteiger partial charge in [0.25, 0.3) is 0 Å². The second-order valence-corrected chi connectivity index (χ2v) is 27.4. The van der Waals surface area contributed by atoms with E-state index in [0.717, 1.165) is 30.4 Å². The highest BCUT2D eigenvalue weighted by Crippen LogP contribution is 2.59. The maximum absolute atomic E-state index is 14.1. The molecule has 15 rings (SSSR count). The van der Waals surface area contributed by atoms with Gasteiger partial charge in [-0.1, -0.05) is 40.9 Å². The van der Waals surface area contributed by atoms with Gasteiger partial charge in [-0.25, -0.2) is 0 Å². The Balaban J connectivity index is 0.578. The molecular weight excluding hydrogens is 1060 g/mol. The van der Waals surface area contributed by atoms with E-state index in [1.54, 1.807) is 0 Å². The van der Waals surface area contributed by atoms with Crippen molar-refractivity contribution in [3.8, 4) is 0 Å². The van der Waals surface area contributed by atoms with E-state index in [1.165, 1.54) is 0 Å². The van der Waals surface area contributed by atoms with E-state index < -0.39 is 114 Å². The number of carbonyl (C=O) groups excluding carboxylic acids is 1. The van der Waals surface area contributed by atoms with Crippen molar-refractivity contribution in [1.82, 2.24) is 0 Å². The Hall–Kier alpha value is -2.26. The summed E-state index contributed by atoms with van der Waals surface area (Å²) in [6.07, 6.45) is -3.99. The van der Waals surface area contributed by atoms with Crippen molar-refractivity contribution in [2.45, 2.75) is 314 Å². The normalized spacial score (nSPS) is 56.7. The molecule has 4 N–H and O–H groups in total. The van der Waals surface area contributed by atoms with Crippen LogP contribution in [0.15, 0.2) is 24.3 Å². The van der Waals surface area contributed by atoms with E-state index in [9.17, 15) is 30.0 Å². The largest absolute Gasteiger partial charge is 0.481 e. The second-order valence-electron chi connectivity index (χ2n) is 27.4. The van der Waals surface area contributed by atoms with Crippen molar-refractivity contribution >= 4 is 11.9 Å². The van der Waals surface area contributed by atoms with Gasteiger partial charge < -0.3 is 91.5 Å². The van der Waals surface area contributed by atoms with Gasteiger partial charge in [-0.2, -0.15) is 0 Å². The number of carboxylic acid groups (broad SMARTS) is 1. The number of aliphatic hydroxyl groups is 3. The van der Waals surface area contributed by atoms with Gasteiger partial charge in [-0.05, 0) is 87.7 Å². The van der Waals surface area contributed by atoms with Gasteiger partial charge in [0.2, 0.25) is 11.6 Å². The fraction of sp³-hybridized carbons (Fsp3) is 0.900. The fourth-order valence-corrected chi connectivity index (χ4v) is 17.7. The Kier molecular flexibility index (Phi) is 14.4. The van der Waals surface area contributed by atoms with Crippen molar-refractivity contribution in [2.24, 2.45) is 23.7 Å². The first-order valence-electron chi connectivity index (χ1n) is 30.8. The molecule has 15 fully saturated rings. The van der Waals surface area contributed by atoms with Crippen LogP contribution < -0.4 is 0 Å². The zero-order valence-electron chi connectivity index (χ0n) is 47.6. The summed E-state index contributed by atoms with van der Waals surface area (Å²) >= 11 is 0. The van der Waals surface area contributed by atoms with E-state index in [1.807, 2.05) is 6.92 Å². The molecule has 0 aromatic carbocycles. The maximum atomic E-state index is 14.1. The maximum Gasteiger partial charge on any atom is 0.308 e. The molecule has 32 atom stereocenters. The van der Waals surface area contributed by atoms with Crippen LogP contribution in [0.3, 0.4) is 0 Å². The third-order valence-corrected chi connectivity index (χ3v) is 21.7. The van der Waals surface area contributed by atoms with E-state index >= 15 is 0 Å². The van der Waals surface area contributed by atoms with Crippen LogP contribution in [0.5, 0.6) is 0 Å². The van der Waals surface area contributed by atoms with Gasteiger partial charge in [-0.3, -0.25) is 9.59 Å². The van der Waals surface area contributed by atoms with Crippen LogP contribution in [0.2, 0.25) is 0 Å². The van der Waals surface area contributed by atoms with Gasteiger partial charge in [0.15, 0.2) is 17.7 Å². The first-order chi connectivity index (χ1) is 38.6. The highest BCUT2D eigenvalue weighted by atomic mass is 16.8. The molecule has 21 nitrogen and oxygen atoms in total. The van der Waals surface area contributed by atoms with E-state index in [0.29, 0.717) is 63.7 Å². The van der Waals surface area contributed by atoms with E-state index in [2.05, 4.69) is 47.8 Å². The predicted octanol–water partition coefficient (Wildman–Crippen LogP) is 4.58. The number of hydrogen-bond donors (Lipinski definition) is 4. The molecule has 15 heterocycles. The number of hydrogen-bond acceptors (Lipinski definition) is 20. The van der Waals surface area contributed by atoms with Gasteiger partial charge in [-0.15, -0.1) is 0 Å². The number of fused-ring (bicyclic) bond motifs is 5. The van der Waals surface area contributed by atoms with Crippen molar-refractivity contribution in [1.29, 1.82) is 0 Å². The third-order valence-electron chi connectivity index (χ3n) is 21.7. The molecule has 15 aliphatic heterocycles. The molecule has 0 radical (unpaired) electrons. The van der Waals surface area contributed by atoms with Crippen LogP contribution in [-0.2, 0) is 80.6 Å². The summed E-state index contributed by atoms with van der Waals surface area (Å²) in [4.78, 5) is 25.5. The minimum absolute atomic E-state index is 0.00785. The lowest BCUT2D eigenvalue weighted by Crippen LogP contribution is -2.63. The number of esters is 1. The number of aliphatic hydroxyl groups excluding tert-OH is 2. The van der Waals surface area contributed by atoms with Crippen LogP contribution in [0.25, 0.3) is 0 Å². The first-order valence-corrected chi connectivity index (χ1v) is 30.8. The van der Waals surface area contributed by atoms with Crippen molar-refractivity contribution < 1.29 is 101 Å². The lowest BCUT2D eigenvalue weighted by molar-refractivity contribution is -0.371. The number of carbonyl (C=O) groups is 2. The zero-order valence-corrected chi connectivity index (χ0v) is 47.6. The molecule has 21 heteroatoms. The summed E-state index contributed by atoms with van der Waals surface area (Å²) in [6.45, 7) is 21.1. The van der Waals surface area contributed by atoms with Gasteiger partial charge in [0.05, 0.1) is 117 Å². The van der Waals surface area contributed by atoms with E-state index in [4.69, 9.17) is 71.1 Å². The summed E-state index contributed by atoms with van der Waals surface area (Å²) in [7, 11) is 0. The Morgan fingerprint density at radius 3 is 2.12 bits per heavy atom. The van der Waals surface area contributed by atoms with E-state index in [-0.39, 0.29) is 111 Å². The van der Waals surface area contributed by atoms with Crippen molar-refractivity contribution in [3.05, 3.63) is 24.3 Å². The number of aliphatic carboxylic acids is 1. The van der Waals surface area contributed by atoms with Crippen LogP contribution in [0, 0.1) is 23.7 Å². The van der Waals surface area contributed by atoms with Gasteiger partial charge >= 0.3 is 11.9 Å². The lowest BCUT2D eigenvalue weighted by Gasteiger charge is -2.54. The van der Waals surface area contributed by atoms with Gasteiger partial charge in [0, 0.05) is 50.9 Å². The summed E-state index contributed by atoms with van der Waals surface area (Å²) in [5.41, 5.74) is 2.17. The summed E-state index contributed by atoms with van der Waals surface area (Å²) in [5, 5.41) is 44.1. The first kappa shape index (κ1) is 56.5. The second kappa shape index (κ2) is 20.7. The average Bonchev–Trinajstić information content (AvgIpc) is 3.42. The Morgan fingerprint density at radius 1 is 0.605 bits per heavy atom. The van der Waals surface area contributed by atoms with Crippen molar-refractivity contribution in [2.75, 3.05) is 0 Å². The highest BCUT2D eigenvalue weighted by Gasteiger charge is 2.79. The lowest BCUT2D eigenvalue weighted by atomic mass is 9.78. The Bertz CT molecular complexity index is 2430. The fourth-order valence-electron chi connectivity index (χ4n) is 17.7. The number of ether oxygens (including phenoxy) is 15. The van der Waals surface area contributed by atoms with Crippen molar-refractivity contribution in [3.63, 3.8) is 0 Å². The van der Waals surface area contributed by atoms with Gasteiger partial charge in [0.1, 0.15) is 36.6 Å². The van der Waals surface area contributed by atoms with Crippen LogP contribution in [-0.4, -0.2) is 202 Å². The molecule has 2 spiro atoms. The average molecular weight is 1140 g/mol. The quantitative estimate of drug-likeness (QED) is 0.163. The molecule has 15 saturated heterocycles. The number of rotatable bonds is 11. The minimum Gasteiger partial charge on any atom is -0.481 e. The minimum atomic E-state index is -2.04. The molecule has 3 unspecified atom stereocenters. The third kappa shape index (κ3) is 9.67. The van der Waals surface area contributed by atoms with Crippen LogP contribution >= 0.6 is 0 Å². The molecule has 81 heavy (non-hydrogen) atoms. The molecule has 0 saturated carbocycles. The molecule has 452 valence electrons. The Morgan fingerprint density at radius 2 is 1.33 bits per heavy atom. The topological polar surface area (TPSA) is 254 Å². The highest BCUT2D eigenvalue weighted by molar-refractivity contribution is 5.70. The molecular formula is C60H86O21. The predicted molar refractivity (Wildman–Crippen MR) is 278 cm³/mol. The Labute approximate surface area is 473 Å². The monoisotopic (exact) mass is 1140 g/mol. The SMILES string of the molecule is C=C1C[C@H](CC[C@]23OC4C5O[C@H]6CC[C@H](CC(=O)O[C@@H]7[C@@H](C)[C@@H]8O[C@@H]9C[C@]%10(C[C@@H]%11O[C@]%12(C[C@H](C)[C@@H]%13O[C@H](CC(=O)O)[C@H](O)C[C@@H]%13O%12)C[C@H](C)[C@@H]%11O%10)O[C@@H]9C[C@@H]8O[C@H]7C)O[C@@H]6[C@H](O2)C5O[C@@]4(O)[C@H]3O)O[C@H]1CC[C@H]1C[C@@H](C)C(=C)[C@@H](C)O1. The van der Waals surface area contributed by atoms with Crippen LogP contribution in [0.4, 0.5) is 0 Å². The standard InChI is InChI=1S/C60H86O21/c1-25-15-33(67-31(7)29(25)5)9-11-37-26(2)16-35(69-37)13-14-59-56(65)60(66)55(81-59)54-53(80-60)52(79-59)51-38(71-54)12-10-34(70-51)17-46(64)74-49-30(6)50-41(68-32(49)8)19-40-43(73-50)23-58(75-40)24-44-48(78-58)28(4)22-57(77-44)21-27(3)47-42(76-57)18-36(61)39(72-47)20-45(62)63/h25,27-28,30-44,47-56,61,65-66H,2,5,9-24H2,1,3-4,6-8H3,(H,62,63)/t25-,27+,28+,30-,31-,32+,33+,34-,35+,36-,37+,38+,39-,40-,41+,42+,43-,44+,47+,48+,49-,50+,51+,52+,53?,54?,55?,56+,57-,58+,59-,60-/m1/s1. The molecule has 0 aromatic heterocycles. The molecule has 15 aliphatic rings. The summed E-state index contributed by atoms with van der Waals surface area (Å²) in [5.74, 6) is -6.64. The molecule has 0 aromatic rings. The number of carboxylic acids is 1. The molecule has 6 bridgehead atoms.